The maximum atomic E-state index is 13.0. The molecule has 0 atom stereocenters. The number of hydrogen-bond donors (Lipinski definition) is 0. The number of rotatable bonds is 9. The fraction of sp³-hybridized carbons (Fsp3) is 0.458. The van der Waals surface area contributed by atoms with Crippen LogP contribution in [0.3, 0.4) is 0 Å². The van der Waals surface area contributed by atoms with Crippen molar-refractivity contribution in [2.45, 2.75) is 53.4 Å². The van der Waals surface area contributed by atoms with Crippen molar-refractivity contribution in [2.24, 2.45) is 11.8 Å². The van der Waals surface area contributed by atoms with Crippen molar-refractivity contribution >= 4 is 11.0 Å². The van der Waals surface area contributed by atoms with E-state index in [0.29, 0.717) is 30.8 Å². The summed E-state index contributed by atoms with van der Waals surface area (Å²) >= 11 is 0. The van der Waals surface area contributed by atoms with E-state index in [1.807, 2.05) is 18.2 Å². The zero-order chi connectivity index (χ0) is 22.6. The molecule has 1 heterocycles. The molecule has 0 aliphatic rings. The molecular formula is C24H29F3N2O2. The minimum Gasteiger partial charge on any atom is -0.494 e. The summed E-state index contributed by atoms with van der Waals surface area (Å²) in [4.78, 5) is 4.66. The van der Waals surface area contributed by atoms with E-state index in [-0.39, 0.29) is 12.4 Å². The Morgan fingerprint density at radius 1 is 0.935 bits per heavy atom. The van der Waals surface area contributed by atoms with Crippen molar-refractivity contribution in [2.75, 3.05) is 6.61 Å². The Kier molecular flexibility index (Phi) is 7.13. The Morgan fingerprint density at radius 2 is 1.68 bits per heavy atom. The molecule has 0 radical (unpaired) electrons. The topological polar surface area (TPSA) is 36.3 Å². The van der Waals surface area contributed by atoms with E-state index in [1.165, 1.54) is 12.1 Å². The van der Waals surface area contributed by atoms with E-state index in [1.54, 1.807) is 0 Å². The van der Waals surface area contributed by atoms with Gasteiger partial charge in [0.2, 0.25) is 0 Å². The third-order valence-electron chi connectivity index (χ3n) is 4.84. The fourth-order valence-corrected chi connectivity index (χ4v) is 3.24. The number of imidazole rings is 1. The number of benzene rings is 2. The quantitative estimate of drug-likeness (QED) is 0.375. The largest absolute Gasteiger partial charge is 0.494 e. The third kappa shape index (κ3) is 6.15. The monoisotopic (exact) mass is 434 g/mol. The minimum atomic E-state index is -4.41. The van der Waals surface area contributed by atoms with Gasteiger partial charge in [-0.2, -0.15) is 13.2 Å². The third-order valence-corrected chi connectivity index (χ3v) is 4.84. The van der Waals surface area contributed by atoms with Gasteiger partial charge in [-0.15, -0.1) is 0 Å². The lowest BCUT2D eigenvalue weighted by molar-refractivity contribution is -0.137. The molecule has 0 aliphatic carbocycles. The van der Waals surface area contributed by atoms with Gasteiger partial charge >= 0.3 is 6.18 Å². The predicted octanol–water partition coefficient (Wildman–Crippen LogP) is 6.72. The summed E-state index contributed by atoms with van der Waals surface area (Å²) in [5.41, 5.74) is 1.00. The summed E-state index contributed by atoms with van der Waals surface area (Å²) in [5.74, 6) is 2.53. The highest BCUT2D eigenvalue weighted by molar-refractivity contribution is 5.77. The van der Waals surface area contributed by atoms with Gasteiger partial charge in [0.05, 0.1) is 23.2 Å². The van der Waals surface area contributed by atoms with Crippen molar-refractivity contribution in [1.29, 1.82) is 0 Å². The molecule has 0 fully saturated rings. The molecule has 0 bridgehead atoms. The van der Waals surface area contributed by atoms with Gasteiger partial charge in [-0.3, -0.25) is 0 Å². The molecule has 0 spiro atoms. The standard InChI is InChI=1S/C24H29F3N2O2/c1-16(2)10-11-30-20-8-9-21-22(13-20)29(14-17(3)4)23(28-21)15-31-19-7-5-6-18(12-19)24(25,26)27/h5-9,12-13,16-17H,10-11,14-15H2,1-4H3. The first-order valence-corrected chi connectivity index (χ1v) is 10.6. The van der Waals surface area contributed by atoms with Crippen molar-refractivity contribution in [1.82, 2.24) is 9.55 Å². The second-order valence-electron chi connectivity index (χ2n) is 8.53. The molecule has 0 unspecified atom stereocenters. The minimum absolute atomic E-state index is 0.0756. The molecular weight excluding hydrogens is 405 g/mol. The van der Waals surface area contributed by atoms with Crippen LogP contribution in [0.2, 0.25) is 0 Å². The smallest absolute Gasteiger partial charge is 0.416 e. The van der Waals surface area contributed by atoms with Gasteiger partial charge in [-0.25, -0.2) is 4.98 Å². The van der Waals surface area contributed by atoms with E-state index < -0.39 is 11.7 Å². The second-order valence-corrected chi connectivity index (χ2v) is 8.53. The zero-order valence-electron chi connectivity index (χ0n) is 18.4. The fourth-order valence-electron chi connectivity index (χ4n) is 3.24. The highest BCUT2D eigenvalue weighted by Gasteiger charge is 2.30. The summed E-state index contributed by atoms with van der Waals surface area (Å²) < 4.78 is 52.5. The number of fused-ring (bicyclic) bond motifs is 1. The van der Waals surface area contributed by atoms with Gasteiger partial charge in [0.15, 0.2) is 0 Å². The van der Waals surface area contributed by atoms with Crippen LogP contribution in [0.15, 0.2) is 42.5 Å². The van der Waals surface area contributed by atoms with Crippen molar-refractivity contribution < 1.29 is 22.6 Å². The molecule has 0 N–H and O–H groups in total. The van der Waals surface area contributed by atoms with Gasteiger partial charge in [-0.05, 0) is 48.6 Å². The molecule has 7 heteroatoms. The lowest BCUT2D eigenvalue weighted by atomic mass is 10.1. The number of alkyl halides is 3. The van der Waals surface area contributed by atoms with Crippen LogP contribution >= 0.6 is 0 Å². The summed E-state index contributed by atoms with van der Waals surface area (Å²) in [6.45, 7) is 9.95. The molecule has 31 heavy (non-hydrogen) atoms. The van der Waals surface area contributed by atoms with Gasteiger partial charge in [-0.1, -0.05) is 33.8 Å². The summed E-state index contributed by atoms with van der Waals surface area (Å²) in [6.07, 6.45) is -3.44. The van der Waals surface area contributed by atoms with Crippen LogP contribution in [0.5, 0.6) is 11.5 Å². The molecule has 0 aliphatic heterocycles. The second kappa shape index (κ2) is 9.62. The van der Waals surface area contributed by atoms with Gasteiger partial charge < -0.3 is 14.0 Å². The van der Waals surface area contributed by atoms with Crippen LogP contribution in [-0.4, -0.2) is 16.2 Å². The number of hydrogen-bond acceptors (Lipinski definition) is 3. The first-order chi connectivity index (χ1) is 14.6. The Morgan fingerprint density at radius 3 is 2.35 bits per heavy atom. The first kappa shape index (κ1) is 23.0. The Bertz CT molecular complexity index is 1010. The normalized spacial score (nSPS) is 12.2. The maximum Gasteiger partial charge on any atom is 0.416 e. The predicted molar refractivity (Wildman–Crippen MR) is 115 cm³/mol. The molecule has 1 aromatic heterocycles. The molecule has 4 nitrogen and oxygen atoms in total. The van der Waals surface area contributed by atoms with Gasteiger partial charge in [0.25, 0.3) is 0 Å². The first-order valence-electron chi connectivity index (χ1n) is 10.6. The Hall–Kier alpha value is -2.70. The highest BCUT2D eigenvalue weighted by atomic mass is 19.4. The average Bonchev–Trinajstić information content (AvgIpc) is 3.02. The zero-order valence-corrected chi connectivity index (χ0v) is 18.4. The SMILES string of the molecule is CC(C)CCOc1ccc2nc(COc3cccc(C(F)(F)F)c3)n(CC(C)C)c2c1. The molecule has 0 saturated heterocycles. The Balaban J connectivity index is 1.84. The van der Waals surface area contributed by atoms with Gasteiger partial charge in [0.1, 0.15) is 23.9 Å². The summed E-state index contributed by atoms with van der Waals surface area (Å²) in [6, 6.07) is 10.7. The van der Waals surface area contributed by atoms with Crippen LogP contribution in [0.25, 0.3) is 11.0 Å². The van der Waals surface area contributed by atoms with Crippen LogP contribution in [0.4, 0.5) is 13.2 Å². The van der Waals surface area contributed by atoms with Gasteiger partial charge in [0, 0.05) is 12.6 Å². The maximum absolute atomic E-state index is 13.0. The summed E-state index contributed by atoms with van der Waals surface area (Å²) in [5, 5.41) is 0. The van der Waals surface area contributed by atoms with Crippen LogP contribution < -0.4 is 9.47 Å². The number of aromatic nitrogens is 2. The van der Waals surface area contributed by atoms with E-state index in [0.717, 1.165) is 35.3 Å². The number of nitrogens with zero attached hydrogens (tertiary/aromatic N) is 2. The van der Waals surface area contributed by atoms with Crippen LogP contribution in [0, 0.1) is 11.8 Å². The molecule has 3 aromatic rings. The molecule has 0 saturated carbocycles. The lowest BCUT2D eigenvalue weighted by Crippen LogP contribution is -2.11. The van der Waals surface area contributed by atoms with E-state index in [4.69, 9.17) is 9.47 Å². The van der Waals surface area contributed by atoms with E-state index in [2.05, 4.69) is 37.2 Å². The van der Waals surface area contributed by atoms with Crippen LogP contribution in [0.1, 0.15) is 45.5 Å². The molecule has 168 valence electrons. The van der Waals surface area contributed by atoms with Crippen molar-refractivity contribution in [3.05, 3.63) is 53.9 Å². The highest BCUT2D eigenvalue weighted by Crippen LogP contribution is 2.31. The lowest BCUT2D eigenvalue weighted by Gasteiger charge is -2.14. The Labute approximate surface area is 181 Å². The van der Waals surface area contributed by atoms with Crippen LogP contribution in [-0.2, 0) is 19.3 Å². The molecule has 0 amide bonds. The van der Waals surface area contributed by atoms with Crippen molar-refractivity contribution in [3.63, 3.8) is 0 Å². The van der Waals surface area contributed by atoms with E-state index in [9.17, 15) is 13.2 Å². The van der Waals surface area contributed by atoms with E-state index >= 15 is 0 Å². The number of halogens is 3. The molecule has 2 aromatic carbocycles. The van der Waals surface area contributed by atoms with Crippen molar-refractivity contribution in [3.8, 4) is 11.5 Å². The number of ether oxygens (including phenoxy) is 2. The average molecular weight is 435 g/mol. The summed E-state index contributed by atoms with van der Waals surface area (Å²) in [7, 11) is 0. The molecule has 3 rings (SSSR count).